The van der Waals surface area contributed by atoms with Crippen molar-refractivity contribution in [3.63, 3.8) is 0 Å². The molecule has 1 amide bonds. The molecule has 0 N–H and O–H groups in total. The van der Waals surface area contributed by atoms with E-state index in [4.69, 9.17) is 4.74 Å². The number of amides is 1. The lowest BCUT2D eigenvalue weighted by molar-refractivity contribution is -0.175. The Balaban J connectivity index is 1.38. The molecule has 1 aromatic carbocycles. The summed E-state index contributed by atoms with van der Waals surface area (Å²) >= 11 is 0. The van der Waals surface area contributed by atoms with E-state index in [1.807, 2.05) is 44.0 Å². The van der Waals surface area contributed by atoms with Gasteiger partial charge in [0.25, 0.3) is 0 Å². The highest BCUT2D eigenvalue weighted by atomic mass is 16.5. The standard InChI is InChI=1S/C30H42N4O2/c1-5-19-34(27-13-9-10-18-31-27)26-14-20-32(21-15-26)22-16-30(25-11-7-6-8-12-25)17-23-33(24-36-30)28(35)29(2,3)4/h5-13,18,26H,1,14-17,19-24H2,2-4H3. The molecule has 0 spiro atoms. The molecule has 194 valence electrons. The van der Waals surface area contributed by atoms with E-state index >= 15 is 0 Å². The number of aromatic nitrogens is 1. The number of anilines is 1. The largest absolute Gasteiger partial charge is 0.350 e. The Hall–Kier alpha value is -2.70. The summed E-state index contributed by atoms with van der Waals surface area (Å²) in [5, 5.41) is 0. The third-order valence-electron chi connectivity index (χ3n) is 7.61. The average Bonchev–Trinajstić information content (AvgIpc) is 2.91. The lowest BCUT2D eigenvalue weighted by Gasteiger charge is -2.45. The molecule has 0 bridgehead atoms. The zero-order valence-electron chi connectivity index (χ0n) is 22.2. The Morgan fingerprint density at radius 3 is 2.44 bits per heavy atom. The van der Waals surface area contributed by atoms with Gasteiger partial charge in [-0.2, -0.15) is 0 Å². The van der Waals surface area contributed by atoms with Gasteiger partial charge in [-0.05, 0) is 43.4 Å². The van der Waals surface area contributed by atoms with Crippen LogP contribution in [0.25, 0.3) is 0 Å². The molecular weight excluding hydrogens is 448 g/mol. The van der Waals surface area contributed by atoms with Crippen LogP contribution >= 0.6 is 0 Å². The summed E-state index contributed by atoms with van der Waals surface area (Å²) in [7, 11) is 0. The van der Waals surface area contributed by atoms with Gasteiger partial charge in [0.1, 0.15) is 12.5 Å². The second-order valence-corrected chi connectivity index (χ2v) is 11.2. The van der Waals surface area contributed by atoms with Crippen molar-refractivity contribution in [2.45, 2.75) is 58.1 Å². The number of nitrogens with zero attached hydrogens (tertiary/aromatic N) is 4. The first-order valence-corrected chi connectivity index (χ1v) is 13.3. The van der Waals surface area contributed by atoms with Crippen molar-refractivity contribution in [3.05, 3.63) is 72.9 Å². The summed E-state index contributed by atoms with van der Waals surface area (Å²) < 4.78 is 6.57. The van der Waals surface area contributed by atoms with E-state index in [-0.39, 0.29) is 11.5 Å². The van der Waals surface area contributed by atoms with Gasteiger partial charge in [0.2, 0.25) is 5.91 Å². The van der Waals surface area contributed by atoms with Crippen LogP contribution in [-0.4, -0.2) is 66.2 Å². The molecule has 2 aromatic rings. The maximum absolute atomic E-state index is 12.8. The van der Waals surface area contributed by atoms with Gasteiger partial charge in [-0.15, -0.1) is 6.58 Å². The number of ether oxygens (including phenoxy) is 1. The van der Waals surface area contributed by atoms with E-state index in [9.17, 15) is 4.79 Å². The normalized spacial score (nSPS) is 21.8. The van der Waals surface area contributed by atoms with Gasteiger partial charge in [-0.25, -0.2) is 4.98 Å². The van der Waals surface area contributed by atoms with Crippen molar-refractivity contribution in [2.75, 3.05) is 44.4 Å². The number of carbonyl (C=O) groups is 1. The second kappa shape index (κ2) is 11.6. The third-order valence-corrected chi connectivity index (χ3v) is 7.61. The predicted molar refractivity (Wildman–Crippen MR) is 146 cm³/mol. The van der Waals surface area contributed by atoms with Crippen molar-refractivity contribution in [1.29, 1.82) is 0 Å². The lowest BCUT2D eigenvalue weighted by Crippen LogP contribution is -2.51. The van der Waals surface area contributed by atoms with Crippen LogP contribution in [0.3, 0.4) is 0 Å². The van der Waals surface area contributed by atoms with Crippen molar-refractivity contribution in [2.24, 2.45) is 5.41 Å². The highest BCUT2D eigenvalue weighted by Crippen LogP contribution is 2.38. The van der Waals surface area contributed by atoms with Crippen LogP contribution in [0.4, 0.5) is 5.82 Å². The molecule has 0 saturated carbocycles. The number of carbonyl (C=O) groups excluding carboxylic acids is 1. The quantitative estimate of drug-likeness (QED) is 0.483. The Kier molecular flexibility index (Phi) is 8.47. The molecule has 3 heterocycles. The Morgan fingerprint density at radius 1 is 1.14 bits per heavy atom. The highest BCUT2D eigenvalue weighted by Gasteiger charge is 2.40. The van der Waals surface area contributed by atoms with Gasteiger partial charge in [0.15, 0.2) is 0 Å². The van der Waals surface area contributed by atoms with Crippen LogP contribution in [0.5, 0.6) is 0 Å². The summed E-state index contributed by atoms with van der Waals surface area (Å²) in [6, 6.07) is 17.2. The fourth-order valence-electron chi connectivity index (χ4n) is 5.49. The summed E-state index contributed by atoms with van der Waals surface area (Å²) in [5.74, 6) is 1.19. The van der Waals surface area contributed by atoms with Crippen LogP contribution in [0.15, 0.2) is 67.4 Å². The topological polar surface area (TPSA) is 48.9 Å². The van der Waals surface area contributed by atoms with E-state index < -0.39 is 5.41 Å². The van der Waals surface area contributed by atoms with Gasteiger partial charge >= 0.3 is 0 Å². The number of rotatable bonds is 8. The van der Waals surface area contributed by atoms with Crippen molar-refractivity contribution in [1.82, 2.24) is 14.8 Å². The van der Waals surface area contributed by atoms with Gasteiger partial charge in [-0.3, -0.25) is 4.79 Å². The molecule has 2 saturated heterocycles. The maximum Gasteiger partial charge on any atom is 0.229 e. The number of pyridine rings is 1. The number of hydrogen-bond donors (Lipinski definition) is 0. The van der Waals surface area contributed by atoms with Crippen LogP contribution in [0, 0.1) is 5.41 Å². The summed E-state index contributed by atoms with van der Waals surface area (Å²) in [4.78, 5) is 24.3. The lowest BCUT2D eigenvalue weighted by atomic mass is 9.85. The van der Waals surface area contributed by atoms with E-state index in [1.165, 1.54) is 5.56 Å². The number of hydrogen-bond acceptors (Lipinski definition) is 5. The fraction of sp³-hybridized carbons (Fsp3) is 0.533. The molecule has 0 aliphatic carbocycles. The molecule has 6 nitrogen and oxygen atoms in total. The molecule has 1 aromatic heterocycles. The Bertz CT molecular complexity index is 973. The average molecular weight is 491 g/mol. The molecule has 2 aliphatic rings. The predicted octanol–water partition coefficient (Wildman–Crippen LogP) is 5.08. The minimum atomic E-state index is -0.394. The van der Waals surface area contributed by atoms with Crippen molar-refractivity contribution < 1.29 is 9.53 Å². The molecule has 6 heteroatoms. The first-order valence-electron chi connectivity index (χ1n) is 13.3. The second-order valence-electron chi connectivity index (χ2n) is 11.2. The minimum absolute atomic E-state index is 0.156. The van der Waals surface area contributed by atoms with Crippen LogP contribution < -0.4 is 4.90 Å². The molecule has 1 unspecified atom stereocenters. The Labute approximate surface area is 216 Å². The molecule has 4 rings (SSSR count). The monoisotopic (exact) mass is 490 g/mol. The zero-order valence-corrected chi connectivity index (χ0v) is 22.2. The highest BCUT2D eigenvalue weighted by molar-refractivity contribution is 5.81. The zero-order chi connectivity index (χ0) is 25.6. The van der Waals surface area contributed by atoms with Crippen LogP contribution in [-0.2, 0) is 15.1 Å². The molecule has 0 radical (unpaired) electrons. The number of benzene rings is 1. The molecule has 36 heavy (non-hydrogen) atoms. The summed E-state index contributed by atoms with van der Waals surface area (Å²) in [6.45, 7) is 14.9. The Morgan fingerprint density at radius 2 is 1.86 bits per heavy atom. The first-order chi connectivity index (χ1) is 17.3. The van der Waals surface area contributed by atoms with Gasteiger partial charge in [0.05, 0.1) is 5.60 Å². The van der Waals surface area contributed by atoms with Crippen molar-refractivity contribution >= 4 is 11.7 Å². The first kappa shape index (κ1) is 26.4. The maximum atomic E-state index is 12.8. The van der Waals surface area contributed by atoms with Gasteiger partial charge in [-0.1, -0.05) is 63.2 Å². The molecular formula is C30H42N4O2. The van der Waals surface area contributed by atoms with E-state index in [0.29, 0.717) is 12.8 Å². The number of likely N-dealkylation sites (tertiary alicyclic amines) is 1. The SMILES string of the molecule is C=CCN(c1ccccn1)C1CCN(CCC2(c3ccccc3)CCN(C(=O)C(C)(C)C)CO2)CC1. The van der Waals surface area contributed by atoms with E-state index in [0.717, 1.165) is 64.2 Å². The smallest absolute Gasteiger partial charge is 0.229 e. The molecule has 2 fully saturated rings. The molecule has 2 aliphatic heterocycles. The van der Waals surface area contributed by atoms with Crippen molar-refractivity contribution in [3.8, 4) is 0 Å². The van der Waals surface area contributed by atoms with Crippen LogP contribution in [0.1, 0.15) is 52.0 Å². The van der Waals surface area contributed by atoms with Crippen LogP contribution in [0.2, 0.25) is 0 Å². The third kappa shape index (κ3) is 6.16. The van der Waals surface area contributed by atoms with Gasteiger partial charge < -0.3 is 19.4 Å². The van der Waals surface area contributed by atoms with E-state index in [1.54, 1.807) is 0 Å². The number of piperidine rings is 1. The molecule has 1 atom stereocenters. The summed E-state index contributed by atoms with van der Waals surface area (Å²) in [6.07, 6.45) is 7.80. The minimum Gasteiger partial charge on any atom is -0.350 e. The fourth-order valence-corrected chi connectivity index (χ4v) is 5.49. The summed E-state index contributed by atoms with van der Waals surface area (Å²) in [5.41, 5.74) is 0.472. The van der Waals surface area contributed by atoms with Gasteiger partial charge in [0, 0.05) is 50.4 Å². The van der Waals surface area contributed by atoms with E-state index in [2.05, 4.69) is 63.8 Å².